The number of unbranched alkanes of at least 4 members (excludes halogenated alkanes) is 1. The van der Waals surface area contributed by atoms with Crippen LogP contribution in [-0.4, -0.2) is 63.7 Å². The van der Waals surface area contributed by atoms with Crippen LogP contribution >= 0.6 is 23.2 Å². The first-order chi connectivity index (χ1) is 18.5. The van der Waals surface area contributed by atoms with E-state index in [-0.39, 0.29) is 37.7 Å². The summed E-state index contributed by atoms with van der Waals surface area (Å²) in [5, 5.41) is 3.62. The highest BCUT2D eigenvalue weighted by Gasteiger charge is 2.27. The fraction of sp³-hybridized carbons (Fsp3) is 0.481. The molecule has 1 aliphatic heterocycles. The van der Waals surface area contributed by atoms with Crippen molar-refractivity contribution >= 4 is 50.7 Å². The largest absolute Gasteiger partial charge is 0.486 e. The summed E-state index contributed by atoms with van der Waals surface area (Å²) in [4.78, 5) is 27.7. The van der Waals surface area contributed by atoms with Crippen LogP contribution in [0, 0.1) is 0 Å². The summed E-state index contributed by atoms with van der Waals surface area (Å²) in [6.45, 7) is 5.25. The molecule has 0 aliphatic carbocycles. The number of amides is 2. The number of fused-ring (bicyclic) bond motifs is 1. The minimum atomic E-state index is -3.64. The van der Waals surface area contributed by atoms with Crippen molar-refractivity contribution in [3.05, 3.63) is 52.0 Å². The lowest BCUT2D eigenvalue weighted by atomic mass is 10.1. The van der Waals surface area contributed by atoms with Crippen LogP contribution < -0.4 is 19.1 Å². The number of nitrogens with zero attached hydrogens (tertiary/aromatic N) is 2. The van der Waals surface area contributed by atoms with Crippen LogP contribution in [0.25, 0.3) is 0 Å². The van der Waals surface area contributed by atoms with Gasteiger partial charge in [-0.25, -0.2) is 8.42 Å². The number of carbonyl (C=O) groups excluding carboxylic acids is 2. The Morgan fingerprint density at radius 3 is 2.41 bits per heavy atom. The summed E-state index contributed by atoms with van der Waals surface area (Å²) in [6.07, 6.45) is 3.15. The van der Waals surface area contributed by atoms with Crippen LogP contribution in [0.2, 0.25) is 10.0 Å². The molecule has 0 saturated carbocycles. The summed E-state index contributed by atoms with van der Waals surface area (Å²) in [7, 11) is -3.64. The van der Waals surface area contributed by atoms with Gasteiger partial charge in [0.2, 0.25) is 21.8 Å². The van der Waals surface area contributed by atoms with Crippen molar-refractivity contribution in [1.29, 1.82) is 0 Å². The maximum atomic E-state index is 13.4. The first kappa shape index (κ1) is 30.8. The number of carbonyl (C=O) groups is 2. The Morgan fingerprint density at radius 2 is 1.74 bits per heavy atom. The van der Waals surface area contributed by atoms with Gasteiger partial charge in [-0.2, -0.15) is 0 Å². The second-order valence-corrected chi connectivity index (χ2v) is 12.1. The van der Waals surface area contributed by atoms with E-state index in [1.807, 2.05) is 6.92 Å². The molecule has 39 heavy (non-hydrogen) atoms. The van der Waals surface area contributed by atoms with E-state index >= 15 is 0 Å². The number of hydrogen-bond acceptors (Lipinski definition) is 6. The molecule has 1 unspecified atom stereocenters. The smallest absolute Gasteiger partial charge is 0.242 e. The third kappa shape index (κ3) is 8.65. The van der Waals surface area contributed by atoms with E-state index in [2.05, 4.69) is 5.32 Å². The van der Waals surface area contributed by atoms with E-state index in [1.54, 1.807) is 43.3 Å². The van der Waals surface area contributed by atoms with Gasteiger partial charge in [-0.15, -0.1) is 0 Å². The predicted octanol–water partition coefficient (Wildman–Crippen LogP) is 4.64. The number of sulfonamides is 1. The van der Waals surface area contributed by atoms with E-state index in [1.165, 1.54) is 9.21 Å². The summed E-state index contributed by atoms with van der Waals surface area (Å²) in [5.41, 5.74) is 1.14. The van der Waals surface area contributed by atoms with Crippen molar-refractivity contribution in [2.24, 2.45) is 0 Å². The maximum Gasteiger partial charge on any atom is 0.242 e. The van der Waals surface area contributed by atoms with Gasteiger partial charge < -0.3 is 19.7 Å². The van der Waals surface area contributed by atoms with E-state index < -0.39 is 16.1 Å². The average Bonchev–Trinajstić information content (AvgIpc) is 2.90. The molecule has 3 rings (SSSR count). The van der Waals surface area contributed by atoms with Crippen molar-refractivity contribution in [2.45, 2.75) is 52.1 Å². The van der Waals surface area contributed by atoms with Gasteiger partial charge in [0.05, 0.1) is 22.0 Å². The Labute approximate surface area is 240 Å². The van der Waals surface area contributed by atoms with E-state index in [0.29, 0.717) is 47.0 Å². The van der Waals surface area contributed by atoms with Gasteiger partial charge in [0.15, 0.2) is 11.5 Å². The fourth-order valence-electron chi connectivity index (χ4n) is 4.14. The predicted molar refractivity (Wildman–Crippen MR) is 153 cm³/mol. The van der Waals surface area contributed by atoms with Crippen molar-refractivity contribution in [2.75, 3.05) is 36.9 Å². The van der Waals surface area contributed by atoms with E-state index in [4.69, 9.17) is 32.7 Å². The van der Waals surface area contributed by atoms with Crippen molar-refractivity contribution in [3.8, 4) is 11.5 Å². The minimum Gasteiger partial charge on any atom is -0.486 e. The van der Waals surface area contributed by atoms with Crippen LogP contribution in [0.1, 0.15) is 45.1 Å². The number of anilines is 1. The molecule has 1 aliphatic rings. The molecule has 0 bridgehead atoms. The number of nitrogens with one attached hydrogen (secondary N) is 1. The van der Waals surface area contributed by atoms with Gasteiger partial charge in [0.1, 0.15) is 19.3 Å². The number of rotatable bonds is 13. The Bertz CT molecular complexity index is 1270. The lowest BCUT2D eigenvalue weighted by Gasteiger charge is -2.29. The van der Waals surface area contributed by atoms with Gasteiger partial charge >= 0.3 is 0 Å². The number of ether oxygens (including phenoxy) is 2. The van der Waals surface area contributed by atoms with Gasteiger partial charge in [-0.05, 0) is 49.6 Å². The Balaban J connectivity index is 1.73. The second-order valence-electron chi connectivity index (χ2n) is 9.36. The minimum absolute atomic E-state index is 0.0322. The molecule has 12 heteroatoms. The summed E-state index contributed by atoms with van der Waals surface area (Å²) in [5.74, 6) is 0.484. The Hall–Kier alpha value is -2.69. The zero-order chi connectivity index (χ0) is 28.6. The monoisotopic (exact) mass is 599 g/mol. The molecule has 0 fully saturated rings. The fourth-order valence-corrected chi connectivity index (χ4v) is 5.42. The van der Waals surface area contributed by atoms with Gasteiger partial charge in [-0.1, -0.05) is 42.6 Å². The molecular formula is C27H35Cl2N3O6S. The quantitative estimate of drug-likeness (QED) is 0.336. The van der Waals surface area contributed by atoms with Crippen LogP contribution in [0.3, 0.4) is 0 Å². The topological polar surface area (TPSA) is 105 Å². The molecule has 2 amide bonds. The number of hydrogen-bond donors (Lipinski definition) is 1. The van der Waals surface area contributed by atoms with Crippen LogP contribution in [-0.2, 0) is 26.2 Å². The molecule has 214 valence electrons. The molecular weight excluding hydrogens is 565 g/mol. The maximum absolute atomic E-state index is 13.4. The molecule has 0 radical (unpaired) electrons. The highest BCUT2D eigenvalue weighted by atomic mass is 35.5. The lowest BCUT2D eigenvalue weighted by molar-refractivity contribution is -0.140. The molecule has 2 aromatic rings. The highest BCUT2D eigenvalue weighted by Crippen LogP contribution is 2.35. The molecule has 0 aromatic heterocycles. The van der Waals surface area contributed by atoms with Gasteiger partial charge in [0, 0.05) is 32.1 Å². The third-order valence-corrected chi connectivity index (χ3v) is 8.23. The molecule has 0 spiro atoms. The summed E-state index contributed by atoms with van der Waals surface area (Å²) < 4.78 is 37.6. The SMILES string of the molecule is CCCCNC(=O)C(C)N(Cc1ccc(Cl)c(Cl)c1)C(=O)CCCN(c1ccc2c(c1)OCCO2)S(C)(=O)=O. The van der Waals surface area contributed by atoms with Crippen molar-refractivity contribution in [3.63, 3.8) is 0 Å². The number of benzene rings is 2. The molecule has 1 N–H and O–H groups in total. The summed E-state index contributed by atoms with van der Waals surface area (Å²) >= 11 is 12.2. The highest BCUT2D eigenvalue weighted by molar-refractivity contribution is 7.92. The van der Waals surface area contributed by atoms with E-state index in [9.17, 15) is 18.0 Å². The molecule has 0 saturated heterocycles. The van der Waals surface area contributed by atoms with Crippen molar-refractivity contribution in [1.82, 2.24) is 10.2 Å². The number of halogens is 2. The van der Waals surface area contributed by atoms with Gasteiger partial charge in [-0.3, -0.25) is 13.9 Å². The first-order valence-corrected chi connectivity index (χ1v) is 15.5. The van der Waals surface area contributed by atoms with E-state index in [0.717, 1.165) is 24.7 Å². The Morgan fingerprint density at radius 1 is 1.03 bits per heavy atom. The standard InChI is InChI=1S/C27H35Cl2N3O6S/c1-4-5-12-30-27(34)19(2)31(18-20-8-10-22(28)23(29)16-20)26(33)7-6-13-32(39(3,35)36)21-9-11-24-25(17-21)38-15-14-37-24/h8-11,16-17,19H,4-7,12-15,18H2,1-3H3,(H,30,34). The van der Waals surface area contributed by atoms with Crippen LogP contribution in [0.4, 0.5) is 5.69 Å². The van der Waals surface area contributed by atoms with Crippen LogP contribution in [0.5, 0.6) is 11.5 Å². The zero-order valence-corrected chi connectivity index (χ0v) is 24.7. The average molecular weight is 601 g/mol. The van der Waals surface area contributed by atoms with Gasteiger partial charge in [0.25, 0.3) is 0 Å². The van der Waals surface area contributed by atoms with Crippen molar-refractivity contribution < 1.29 is 27.5 Å². The zero-order valence-electron chi connectivity index (χ0n) is 22.4. The first-order valence-electron chi connectivity index (χ1n) is 12.9. The molecule has 1 atom stereocenters. The van der Waals surface area contributed by atoms with Crippen LogP contribution in [0.15, 0.2) is 36.4 Å². The molecule has 2 aromatic carbocycles. The summed E-state index contributed by atoms with van der Waals surface area (Å²) in [6, 6.07) is 9.26. The second kappa shape index (κ2) is 14.1. The lowest BCUT2D eigenvalue weighted by Crippen LogP contribution is -2.48. The third-order valence-electron chi connectivity index (χ3n) is 6.30. The normalized spacial score (nSPS) is 13.5. The Kier molecular flexibility index (Phi) is 11.1. The molecule has 9 nitrogen and oxygen atoms in total. The molecule has 1 heterocycles.